The summed E-state index contributed by atoms with van der Waals surface area (Å²) in [6, 6.07) is 4.07. The molecule has 18 heavy (non-hydrogen) atoms. The van der Waals surface area contributed by atoms with Crippen LogP contribution in [0.1, 0.15) is 13.3 Å². The van der Waals surface area contributed by atoms with Crippen molar-refractivity contribution in [3.05, 3.63) is 23.2 Å². The molecule has 0 aromatic heterocycles. The second-order valence-corrected chi connectivity index (χ2v) is 5.88. The van der Waals surface area contributed by atoms with Gasteiger partial charge in [-0.2, -0.15) is 0 Å². The zero-order chi connectivity index (χ0) is 13.8. The van der Waals surface area contributed by atoms with E-state index in [0.717, 1.165) is 0 Å². The number of ether oxygens (including phenoxy) is 1. The monoisotopic (exact) mass is 292 g/mol. The topological polar surface area (TPSA) is 81.4 Å². The van der Waals surface area contributed by atoms with E-state index in [1.165, 1.54) is 25.3 Å². The molecule has 0 radical (unpaired) electrons. The van der Waals surface area contributed by atoms with Gasteiger partial charge in [-0.25, -0.2) is 13.1 Å². The van der Waals surface area contributed by atoms with Gasteiger partial charge in [-0.05, 0) is 18.6 Å². The lowest BCUT2D eigenvalue weighted by Gasteiger charge is -2.16. The van der Waals surface area contributed by atoms with E-state index >= 15 is 0 Å². The van der Waals surface area contributed by atoms with Crippen LogP contribution in [0.4, 0.5) is 0 Å². The first-order valence-electron chi connectivity index (χ1n) is 5.50. The van der Waals surface area contributed by atoms with E-state index in [4.69, 9.17) is 22.1 Å². The van der Waals surface area contributed by atoms with Gasteiger partial charge in [0.1, 0.15) is 10.6 Å². The van der Waals surface area contributed by atoms with Crippen molar-refractivity contribution < 1.29 is 13.2 Å². The van der Waals surface area contributed by atoms with Crippen molar-refractivity contribution in [2.45, 2.75) is 24.3 Å². The van der Waals surface area contributed by atoms with Crippen LogP contribution < -0.4 is 15.2 Å². The molecule has 0 bridgehead atoms. The third-order valence-corrected chi connectivity index (χ3v) is 4.31. The van der Waals surface area contributed by atoms with E-state index in [-0.39, 0.29) is 23.2 Å². The fourth-order valence-electron chi connectivity index (χ4n) is 1.44. The van der Waals surface area contributed by atoms with Gasteiger partial charge in [0.25, 0.3) is 0 Å². The van der Waals surface area contributed by atoms with Gasteiger partial charge in [0.05, 0.1) is 7.11 Å². The average Bonchev–Trinajstić information content (AvgIpc) is 2.35. The van der Waals surface area contributed by atoms with Crippen LogP contribution in [0, 0.1) is 0 Å². The average molecular weight is 293 g/mol. The number of hydrogen-bond donors (Lipinski definition) is 2. The molecule has 0 heterocycles. The minimum Gasteiger partial charge on any atom is -0.495 e. The second kappa shape index (κ2) is 6.38. The van der Waals surface area contributed by atoms with Crippen molar-refractivity contribution in [3.63, 3.8) is 0 Å². The molecule has 0 aliphatic rings. The largest absolute Gasteiger partial charge is 0.495 e. The normalized spacial score (nSPS) is 13.3. The van der Waals surface area contributed by atoms with Crippen LogP contribution in [0.25, 0.3) is 0 Å². The zero-order valence-corrected chi connectivity index (χ0v) is 11.9. The lowest BCUT2D eigenvalue weighted by atomic mass is 10.2. The second-order valence-electron chi connectivity index (χ2n) is 3.76. The SMILES string of the molecule is CCC(CN)NS(=O)(=O)c1ccc(Cl)cc1OC. The van der Waals surface area contributed by atoms with Crippen molar-refractivity contribution in [3.8, 4) is 5.75 Å². The zero-order valence-electron chi connectivity index (χ0n) is 10.3. The van der Waals surface area contributed by atoms with Gasteiger partial charge in [0.15, 0.2) is 0 Å². The highest BCUT2D eigenvalue weighted by Gasteiger charge is 2.22. The molecule has 0 saturated carbocycles. The van der Waals surface area contributed by atoms with Crippen LogP contribution in [-0.2, 0) is 10.0 Å². The van der Waals surface area contributed by atoms with E-state index in [0.29, 0.717) is 11.4 Å². The molecule has 1 aromatic carbocycles. The number of nitrogens with one attached hydrogen (secondary N) is 1. The number of halogens is 1. The Labute approximate surface area is 112 Å². The summed E-state index contributed by atoms with van der Waals surface area (Å²) in [5, 5.41) is 0.414. The first-order chi connectivity index (χ1) is 8.44. The van der Waals surface area contributed by atoms with Gasteiger partial charge in [0.2, 0.25) is 10.0 Å². The van der Waals surface area contributed by atoms with Crippen LogP contribution in [-0.4, -0.2) is 28.1 Å². The van der Waals surface area contributed by atoms with Crippen molar-refractivity contribution in [1.82, 2.24) is 4.72 Å². The molecule has 1 atom stereocenters. The summed E-state index contributed by atoms with van der Waals surface area (Å²) in [4.78, 5) is 0.0568. The molecule has 7 heteroatoms. The van der Waals surface area contributed by atoms with Gasteiger partial charge in [0, 0.05) is 23.7 Å². The summed E-state index contributed by atoms with van der Waals surface area (Å²) in [6.45, 7) is 2.10. The van der Waals surface area contributed by atoms with Gasteiger partial charge < -0.3 is 10.5 Å². The minimum atomic E-state index is -3.66. The van der Waals surface area contributed by atoms with Gasteiger partial charge in [-0.3, -0.25) is 0 Å². The Bertz CT molecular complexity index is 501. The highest BCUT2D eigenvalue weighted by atomic mass is 35.5. The Hall–Kier alpha value is -0.820. The first kappa shape index (κ1) is 15.2. The molecule has 5 nitrogen and oxygen atoms in total. The third kappa shape index (κ3) is 3.58. The van der Waals surface area contributed by atoms with Gasteiger partial charge in [-0.15, -0.1) is 0 Å². The number of sulfonamides is 1. The summed E-state index contributed by atoms with van der Waals surface area (Å²) in [7, 11) is -2.26. The Balaban J connectivity index is 3.12. The molecule has 0 saturated heterocycles. The Morgan fingerprint density at radius 3 is 2.67 bits per heavy atom. The highest BCUT2D eigenvalue weighted by Crippen LogP contribution is 2.27. The summed E-state index contributed by atoms with van der Waals surface area (Å²) < 4.78 is 31.9. The smallest absolute Gasteiger partial charge is 0.244 e. The minimum absolute atomic E-state index is 0.0568. The van der Waals surface area contributed by atoms with E-state index in [1.54, 1.807) is 0 Å². The van der Waals surface area contributed by atoms with Gasteiger partial charge >= 0.3 is 0 Å². The summed E-state index contributed by atoms with van der Waals surface area (Å²) in [5.74, 6) is 0.210. The Kier molecular flexibility index (Phi) is 5.40. The lowest BCUT2D eigenvalue weighted by molar-refractivity contribution is 0.402. The number of rotatable bonds is 6. The first-order valence-corrected chi connectivity index (χ1v) is 7.36. The molecule has 102 valence electrons. The van der Waals surface area contributed by atoms with Crippen molar-refractivity contribution >= 4 is 21.6 Å². The number of methoxy groups -OCH3 is 1. The molecule has 1 unspecified atom stereocenters. The lowest BCUT2D eigenvalue weighted by Crippen LogP contribution is -2.39. The quantitative estimate of drug-likeness (QED) is 0.829. The fraction of sp³-hybridized carbons (Fsp3) is 0.455. The van der Waals surface area contributed by atoms with Crippen LogP contribution in [0.3, 0.4) is 0 Å². The fourth-order valence-corrected chi connectivity index (χ4v) is 3.09. The van der Waals surface area contributed by atoms with E-state index in [9.17, 15) is 8.42 Å². The van der Waals surface area contributed by atoms with E-state index in [1.807, 2.05) is 6.92 Å². The summed E-state index contributed by atoms with van der Waals surface area (Å²) in [6.07, 6.45) is 0.617. The summed E-state index contributed by atoms with van der Waals surface area (Å²) in [5.41, 5.74) is 5.48. The number of benzene rings is 1. The number of nitrogens with two attached hydrogens (primary N) is 1. The number of hydrogen-bond acceptors (Lipinski definition) is 4. The molecule has 1 aromatic rings. The molecular formula is C11H17ClN2O3S. The van der Waals surface area contributed by atoms with Crippen molar-refractivity contribution in [2.24, 2.45) is 5.73 Å². The maximum Gasteiger partial charge on any atom is 0.244 e. The maximum absolute atomic E-state index is 12.2. The summed E-state index contributed by atoms with van der Waals surface area (Å²) >= 11 is 5.79. The maximum atomic E-state index is 12.2. The molecular weight excluding hydrogens is 276 g/mol. The molecule has 0 fully saturated rings. The molecule has 1 rings (SSSR count). The standard InChI is InChI=1S/C11H17ClN2O3S/c1-3-9(7-13)14-18(15,16)11-5-4-8(12)6-10(11)17-2/h4-6,9,14H,3,7,13H2,1-2H3. The van der Waals surface area contributed by atoms with Crippen LogP contribution >= 0.6 is 11.6 Å². The van der Waals surface area contributed by atoms with Crippen LogP contribution in [0.5, 0.6) is 5.75 Å². The molecule has 3 N–H and O–H groups in total. The van der Waals surface area contributed by atoms with Crippen molar-refractivity contribution in [1.29, 1.82) is 0 Å². The van der Waals surface area contributed by atoms with Crippen LogP contribution in [0.15, 0.2) is 23.1 Å². The molecule has 0 aliphatic heterocycles. The predicted molar refractivity (Wildman–Crippen MR) is 71.5 cm³/mol. The molecule has 0 amide bonds. The molecule has 0 aliphatic carbocycles. The third-order valence-electron chi connectivity index (χ3n) is 2.51. The highest BCUT2D eigenvalue weighted by molar-refractivity contribution is 7.89. The van der Waals surface area contributed by atoms with Crippen molar-refractivity contribution in [2.75, 3.05) is 13.7 Å². The van der Waals surface area contributed by atoms with Crippen LogP contribution in [0.2, 0.25) is 5.02 Å². The van der Waals surface area contributed by atoms with Gasteiger partial charge in [-0.1, -0.05) is 18.5 Å². The van der Waals surface area contributed by atoms with E-state index in [2.05, 4.69) is 4.72 Å². The predicted octanol–water partition coefficient (Wildman–Crippen LogP) is 1.36. The Morgan fingerprint density at radius 2 is 2.17 bits per heavy atom. The molecule has 0 spiro atoms. The van der Waals surface area contributed by atoms with E-state index < -0.39 is 10.0 Å². The Morgan fingerprint density at radius 1 is 1.50 bits per heavy atom.